The highest BCUT2D eigenvalue weighted by Crippen LogP contribution is 2.38. The van der Waals surface area contributed by atoms with Gasteiger partial charge < -0.3 is 10.2 Å². The topological polar surface area (TPSA) is 43.7 Å². The number of halogens is 1. The summed E-state index contributed by atoms with van der Waals surface area (Å²) in [5.74, 6) is 5.96. The second kappa shape index (κ2) is 6.15. The summed E-state index contributed by atoms with van der Waals surface area (Å²) in [6.07, 6.45) is 1.85. The van der Waals surface area contributed by atoms with Gasteiger partial charge in [-0.05, 0) is 42.5 Å². The second-order valence-electron chi connectivity index (χ2n) is 6.07. The number of hydrogen-bond donors (Lipinski definition) is 2. The number of hydrogen-bond acceptors (Lipinski definition) is 3. The molecule has 0 amide bonds. The largest absolute Gasteiger partial charge is 0.393 e. The number of aliphatic hydroxyl groups excluding tert-OH is 2. The molecule has 0 spiro atoms. The van der Waals surface area contributed by atoms with Gasteiger partial charge in [0.1, 0.15) is 12.4 Å². The number of rotatable bonds is 2. The zero-order valence-corrected chi connectivity index (χ0v) is 11.9. The SMILES string of the molecule is OCC#Cc1cc(F)cc(CN2CC3CCC(O)C3C2)c1. The van der Waals surface area contributed by atoms with Gasteiger partial charge in [0.25, 0.3) is 0 Å². The number of benzene rings is 1. The monoisotopic (exact) mass is 289 g/mol. The summed E-state index contributed by atoms with van der Waals surface area (Å²) >= 11 is 0. The first-order chi connectivity index (χ1) is 10.2. The predicted octanol–water partition coefficient (Wildman–Crippen LogP) is 1.37. The van der Waals surface area contributed by atoms with Crippen LogP contribution >= 0.6 is 0 Å². The smallest absolute Gasteiger partial charge is 0.124 e. The van der Waals surface area contributed by atoms with Crippen molar-refractivity contribution in [3.8, 4) is 11.8 Å². The summed E-state index contributed by atoms with van der Waals surface area (Å²) in [7, 11) is 0. The van der Waals surface area contributed by atoms with Crippen molar-refractivity contribution in [2.45, 2.75) is 25.5 Å². The third-order valence-corrected chi connectivity index (χ3v) is 4.57. The Balaban J connectivity index is 1.69. The summed E-state index contributed by atoms with van der Waals surface area (Å²) in [6.45, 7) is 2.33. The third-order valence-electron chi connectivity index (χ3n) is 4.57. The van der Waals surface area contributed by atoms with Crippen molar-refractivity contribution in [2.75, 3.05) is 19.7 Å². The Bertz CT molecular complexity index is 578. The van der Waals surface area contributed by atoms with E-state index in [4.69, 9.17) is 5.11 Å². The molecule has 2 N–H and O–H groups in total. The van der Waals surface area contributed by atoms with Crippen LogP contribution in [0.1, 0.15) is 24.0 Å². The minimum atomic E-state index is -0.297. The minimum Gasteiger partial charge on any atom is -0.393 e. The molecular weight excluding hydrogens is 269 g/mol. The summed E-state index contributed by atoms with van der Waals surface area (Å²) in [5.41, 5.74) is 1.49. The zero-order chi connectivity index (χ0) is 14.8. The van der Waals surface area contributed by atoms with E-state index in [1.165, 1.54) is 12.1 Å². The molecule has 0 aromatic heterocycles. The Morgan fingerprint density at radius 2 is 2.10 bits per heavy atom. The fourth-order valence-corrected chi connectivity index (χ4v) is 3.67. The van der Waals surface area contributed by atoms with Crippen LogP contribution < -0.4 is 0 Å². The maximum Gasteiger partial charge on any atom is 0.124 e. The van der Waals surface area contributed by atoms with Gasteiger partial charge in [0.15, 0.2) is 0 Å². The summed E-state index contributed by atoms with van der Waals surface area (Å²) in [4.78, 5) is 2.29. The molecule has 0 bridgehead atoms. The van der Waals surface area contributed by atoms with Crippen molar-refractivity contribution in [3.05, 3.63) is 35.1 Å². The van der Waals surface area contributed by atoms with Gasteiger partial charge in [0, 0.05) is 31.1 Å². The molecule has 3 nitrogen and oxygen atoms in total. The van der Waals surface area contributed by atoms with Crippen LogP contribution in [0.2, 0.25) is 0 Å². The number of aliphatic hydroxyl groups is 2. The molecular formula is C17H20FNO2. The average molecular weight is 289 g/mol. The molecule has 3 rings (SSSR count). The lowest BCUT2D eigenvalue weighted by Gasteiger charge is -2.18. The Morgan fingerprint density at radius 3 is 2.86 bits per heavy atom. The Labute approximate surface area is 124 Å². The predicted molar refractivity (Wildman–Crippen MR) is 77.9 cm³/mol. The normalized spacial score (nSPS) is 28.2. The number of fused-ring (bicyclic) bond motifs is 1. The van der Waals surface area contributed by atoms with Crippen molar-refractivity contribution in [1.29, 1.82) is 0 Å². The molecule has 2 fully saturated rings. The van der Waals surface area contributed by atoms with E-state index in [1.807, 2.05) is 6.07 Å². The number of nitrogens with zero attached hydrogens (tertiary/aromatic N) is 1. The molecule has 0 radical (unpaired) electrons. The van der Waals surface area contributed by atoms with Crippen molar-refractivity contribution in [3.63, 3.8) is 0 Å². The summed E-state index contributed by atoms with van der Waals surface area (Å²) < 4.78 is 13.6. The van der Waals surface area contributed by atoms with E-state index in [1.54, 1.807) is 0 Å². The third kappa shape index (κ3) is 3.26. The van der Waals surface area contributed by atoms with Crippen molar-refractivity contribution >= 4 is 0 Å². The fourth-order valence-electron chi connectivity index (χ4n) is 3.67. The first-order valence-corrected chi connectivity index (χ1v) is 7.45. The van der Waals surface area contributed by atoms with Crippen molar-refractivity contribution in [1.82, 2.24) is 4.90 Å². The van der Waals surface area contributed by atoms with E-state index in [-0.39, 0.29) is 18.5 Å². The molecule has 1 aromatic rings. The molecule has 3 unspecified atom stereocenters. The first-order valence-electron chi connectivity index (χ1n) is 7.45. The van der Waals surface area contributed by atoms with Gasteiger partial charge in [-0.25, -0.2) is 4.39 Å². The minimum absolute atomic E-state index is 0.168. The molecule has 2 aliphatic rings. The van der Waals surface area contributed by atoms with E-state index >= 15 is 0 Å². The number of likely N-dealkylation sites (tertiary alicyclic amines) is 1. The molecule has 21 heavy (non-hydrogen) atoms. The van der Waals surface area contributed by atoms with Crippen LogP contribution in [0.3, 0.4) is 0 Å². The van der Waals surface area contributed by atoms with Gasteiger partial charge in [-0.2, -0.15) is 0 Å². The van der Waals surface area contributed by atoms with Gasteiger partial charge >= 0.3 is 0 Å². The highest BCUT2D eigenvalue weighted by atomic mass is 19.1. The van der Waals surface area contributed by atoms with Crippen molar-refractivity contribution < 1.29 is 14.6 Å². The summed E-state index contributed by atoms with van der Waals surface area (Å²) in [6, 6.07) is 4.79. The van der Waals surface area contributed by atoms with E-state index in [0.717, 1.165) is 31.5 Å². The molecule has 112 valence electrons. The lowest BCUT2D eigenvalue weighted by Crippen LogP contribution is -2.24. The quantitative estimate of drug-likeness (QED) is 0.808. The van der Waals surface area contributed by atoms with Crippen LogP contribution in [0, 0.1) is 29.5 Å². The first kappa shape index (κ1) is 14.5. The zero-order valence-electron chi connectivity index (χ0n) is 11.9. The Morgan fingerprint density at radius 1 is 1.24 bits per heavy atom. The van der Waals surface area contributed by atoms with Gasteiger partial charge in [-0.3, -0.25) is 4.90 Å². The van der Waals surface area contributed by atoms with Gasteiger partial charge in [-0.1, -0.05) is 11.8 Å². The van der Waals surface area contributed by atoms with Crippen LogP contribution in [0.4, 0.5) is 4.39 Å². The van der Waals surface area contributed by atoms with Gasteiger partial charge in [-0.15, -0.1) is 0 Å². The van der Waals surface area contributed by atoms with Gasteiger partial charge in [0.2, 0.25) is 0 Å². The van der Waals surface area contributed by atoms with Crippen LogP contribution in [-0.2, 0) is 6.54 Å². The fraction of sp³-hybridized carbons (Fsp3) is 0.529. The average Bonchev–Trinajstić information content (AvgIpc) is 2.98. The molecule has 1 aromatic carbocycles. The Hall–Kier alpha value is -1.41. The molecule has 1 saturated heterocycles. The molecule has 1 aliphatic heterocycles. The molecule has 4 heteroatoms. The van der Waals surface area contributed by atoms with Crippen LogP contribution in [0.25, 0.3) is 0 Å². The Kier molecular flexibility index (Phi) is 4.25. The van der Waals surface area contributed by atoms with Crippen LogP contribution in [0.15, 0.2) is 18.2 Å². The van der Waals surface area contributed by atoms with E-state index in [0.29, 0.717) is 23.9 Å². The standard InChI is InChI=1S/C17H20FNO2/c18-15-7-12(2-1-5-20)6-13(8-15)9-19-10-14-3-4-17(21)16(14)11-19/h6-8,14,16-17,20-21H,3-5,9-11H2. The maximum absolute atomic E-state index is 13.6. The van der Waals surface area contributed by atoms with E-state index in [9.17, 15) is 9.50 Å². The van der Waals surface area contributed by atoms with Crippen LogP contribution in [-0.4, -0.2) is 40.9 Å². The highest BCUT2D eigenvalue weighted by molar-refractivity contribution is 5.37. The van der Waals surface area contributed by atoms with Gasteiger partial charge in [0.05, 0.1) is 6.10 Å². The molecule has 3 atom stereocenters. The maximum atomic E-state index is 13.6. The lowest BCUT2D eigenvalue weighted by molar-refractivity contribution is 0.123. The molecule has 1 saturated carbocycles. The lowest BCUT2D eigenvalue weighted by atomic mass is 10.00. The molecule has 1 aliphatic carbocycles. The van der Waals surface area contributed by atoms with Crippen LogP contribution in [0.5, 0.6) is 0 Å². The summed E-state index contributed by atoms with van der Waals surface area (Å²) in [5, 5.41) is 18.7. The van der Waals surface area contributed by atoms with Crippen molar-refractivity contribution in [2.24, 2.45) is 11.8 Å². The molecule has 1 heterocycles. The second-order valence-corrected chi connectivity index (χ2v) is 6.07. The highest BCUT2D eigenvalue weighted by Gasteiger charge is 2.41. The van der Waals surface area contributed by atoms with E-state index < -0.39 is 0 Å². The van der Waals surface area contributed by atoms with E-state index in [2.05, 4.69) is 16.7 Å².